The van der Waals surface area contributed by atoms with Gasteiger partial charge in [0.25, 0.3) is 0 Å². The van der Waals surface area contributed by atoms with E-state index >= 15 is 0 Å². The van der Waals surface area contributed by atoms with E-state index in [1.165, 1.54) is 12.1 Å². The molecule has 0 saturated heterocycles. The number of nitro groups is 1. The van der Waals surface area contributed by atoms with Crippen molar-refractivity contribution in [2.75, 3.05) is 6.61 Å². The van der Waals surface area contributed by atoms with E-state index in [1.807, 2.05) is 0 Å². The molecular formula is C10H12FNO3. The van der Waals surface area contributed by atoms with Gasteiger partial charge in [0.15, 0.2) is 0 Å². The van der Waals surface area contributed by atoms with E-state index in [0.717, 1.165) is 6.07 Å². The summed E-state index contributed by atoms with van der Waals surface area (Å²) in [5, 5.41) is 10.5. The van der Waals surface area contributed by atoms with E-state index in [9.17, 15) is 14.5 Å². The fourth-order valence-electron chi connectivity index (χ4n) is 1.33. The van der Waals surface area contributed by atoms with E-state index in [4.69, 9.17) is 4.74 Å². The van der Waals surface area contributed by atoms with Crippen molar-refractivity contribution in [3.63, 3.8) is 0 Å². The third-order valence-corrected chi connectivity index (χ3v) is 2.06. The molecule has 0 aliphatic carbocycles. The molecule has 0 amide bonds. The third kappa shape index (κ3) is 2.50. The minimum absolute atomic E-state index is 0.214. The van der Waals surface area contributed by atoms with Gasteiger partial charge in [-0.25, -0.2) is 0 Å². The van der Waals surface area contributed by atoms with Gasteiger partial charge in [0.2, 0.25) is 5.82 Å². The first-order chi connectivity index (χ1) is 7.07. The smallest absolute Gasteiger partial charge is 0.305 e. The van der Waals surface area contributed by atoms with Crippen LogP contribution in [-0.4, -0.2) is 11.5 Å². The number of hydrogen-bond donors (Lipinski definition) is 0. The maximum atomic E-state index is 13.6. The Morgan fingerprint density at radius 2 is 2.27 bits per heavy atom. The van der Waals surface area contributed by atoms with Crippen LogP contribution in [0.4, 0.5) is 10.1 Å². The van der Waals surface area contributed by atoms with Crippen LogP contribution in [0.25, 0.3) is 0 Å². The first-order valence-electron chi connectivity index (χ1n) is 4.62. The highest BCUT2D eigenvalue weighted by atomic mass is 19.1. The maximum Gasteiger partial charge on any atom is 0.305 e. The van der Waals surface area contributed by atoms with Gasteiger partial charge in [0.05, 0.1) is 11.0 Å². The predicted octanol–water partition coefficient (Wildman–Crippen LogP) is 2.83. The Labute approximate surface area is 86.8 Å². The van der Waals surface area contributed by atoms with Crippen molar-refractivity contribution in [2.45, 2.75) is 20.0 Å². The summed E-state index contributed by atoms with van der Waals surface area (Å²) in [5.74, 6) is -0.816. The number of benzene rings is 1. The quantitative estimate of drug-likeness (QED) is 0.570. The zero-order valence-electron chi connectivity index (χ0n) is 8.57. The second kappa shape index (κ2) is 4.84. The Hall–Kier alpha value is -1.49. The molecule has 0 aliphatic rings. The monoisotopic (exact) mass is 213 g/mol. The molecule has 1 aromatic carbocycles. The van der Waals surface area contributed by atoms with Crippen LogP contribution in [-0.2, 0) is 4.74 Å². The lowest BCUT2D eigenvalue weighted by atomic mass is 10.1. The number of halogens is 1. The lowest BCUT2D eigenvalue weighted by Crippen LogP contribution is -2.04. The zero-order chi connectivity index (χ0) is 11.4. The van der Waals surface area contributed by atoms with Gasteiger partial charge in [0, 0.05) is 18.2 Å². The maximum absolute atomic E-state index is 13.6. The summed E-state index contributed by atoms with van der Waals surface area (Å²) in [4.78, 5) is 9.74. The Kier molecular flexibility index (Phi) is 3.74. The Morgan fingerprint density at radius 1 is 1.60 bits per heavy atom. The highest BCUT2D eigenvalue weighted by Crippen LogP contribution is 2.26. The standard InChI is InChI=1S/C10H12FNO3/c1-3-15-7(2)8-5-4-6-9(10(8)11)12(13)14/h4-7H,3H2,1-2H3. The van der Waals surface area contributed by atoms with Gasteiger partial charge in [-0.05, 0) is 13.8 Å². The highest BCUT2D eigenvalue weighted by molar-refractivity contribution is 5.37. The normalized spacial score (nSPS) is 12.5. The summed E-state index contributed by atoms with van der Waals surface area (Å²) in [5.41, 5.74) is -0.301. The first-order valence-corrected chi connectivity index (χ1v) is 4.62. The minimum Gasteiger partial charge on any atom is -0.374 e. The van der Waals surface area contributed by atoms with Crippen LogP contribution in [0.2, 0.25) is 0 Å². The van der Waals surface area contributed by atoms with Gasteiger partial charge in [-0.1, -0.05) is 12.1 Å². The molecule has 1 atom stereocenters. The largest absolute Gasteiger partial charge is 0.374 e. The van der Waals surface area contributed by atoms with Crippen LogP contribution < -0.4 is 0 Å². The second-order valence-corrected chi connectivity index (χ2v) is 3.04. The van der Waals surface area contributed by atoms with Crippen molar-refractivity contribution >= 4 is 5.69 Å². The van der Waals surface area contributed by atoms with E-state index in [1.54, 1.807) is 13.8 Å². The van der Waals surface area contributed by atoms with Crippen LogP contribution in [0.5, 0.6) is 0 Å². The minimum atomic E-state index is -0.816. The highest BCUT2D eigenvalue weighted by Gasteiger charge is 2.20. The molecule has 0 aromatic heterocycles. The molecule has 82 valence electrons. The summed E-state index contributed by atoms with van der Waals surface area (Å²) >= 11 is 0. The number of nitro benzene ring substituents is 1. The molecule has 0 saturated carbocycles. The van der Waals surface area contributed by atoms with Gasteiger partial charge in [-0.15, -0.1) is 0 Å². The van der Waals surface area contributed by atoms with E-state index in [0.29, 0.717) is 6.61 Å². The number of hydrogen-bond acceptors (Lipinski definition) is 3. The van der Waals surface area contributed by atoms with Crippen LogP contribution >= 0.6 is 0 Å². The molecular weight excluding hydrogens is 201 g/mol. The molecule has 1 unspecified atom stereocenters. The van der Waals surface area contributed by atoms with Gasteiger partial charge >= 0.3 is 5.69 Å². The first kappa shape index (κ1) is 11.6. The molecule has 1 aromatic rings. The topological polar surface area (TPSA) is 52.4 Å². The predicted molar refractivity (Wildman–Crippen MR) is 53.1 cm³/mol. The Balaban J connectivity index is 3.09. The van der Waals surface area contributed by atoms with E-state index in [-0.39, 0.29) is 5.56 Å². The Morgan fingerprint density at radius 3 is 2.80 bits per heavy atom. The molecule has 5 heteroatoms. The van der Waals surface area contributed by atoms with Crippen LogP contribution in [0, 0.1) is 15.9 Å². The molecule has 0 aliphatic heterocycles. The molecule has 0 fully saturated rings. The van der Waals surface area contributed by atoms with Gasteiger partial charge in [-0.3, -0.25) is 10.1 Å². The Bertz CT molecular complexity index is 368. The fraction of sp³-hybridized carbons (Fsp3) is 0.400. The lowest BCUT2D eigenvalue weighted by molar-refractivity contribution is -0.387. The third-order valence-electron chi connectivity index (χ3n) is 2.06. The summed E-state index contributed by atoms with van der Waals surface area (Å²) in [6.45, 7) is 3.88. The molecule has 0 heterocycles. The van der Waals surface area contributed by atoms with Crippen molar-refractivity contribution in [1.82, 2.24) is 0 Å². The average Bonchev–Trinajstić information content (AvgIpc) is 2.17. The molecule has 0 bridgehead atoms. The van der Waals surface area contributed by atoms with E-state index in [2.05, 4.69) is 0 Å². The van der Waals surface area contributed by atoms with Crippen molar-refractivity contribution in [3.05, 3.63) is 39.7 Å². The van der Waals surface area contributed by atoms with Crippen LogP contribution in [0.3, 0.4) is 0 Å². The van der Waals surface area contributed by atoms with Crippen LogP contribution in [0.15, 0.2) is 18.2 Å². The average molecular weight is 213 g/mol. The summed E-state index contributed by atoms with van der Waals surface area (Å²) < 4.78 is 18.8. The number of nitrogens with zero attached hydrogens (tertiary/aromatic N) is 1. The van der Waals surface area contributed by atoms with Crippen molar-refractivity contribution < 1.29 is 14.1 Å². The number of rotatable bonds is 4. The van der Waals surface area contributed by atoms with Crippen molar-refractivity contribution in [1.29, 1.82) is 0 Å². The number of ether oxygens (including phenoxy) is 1. The summed E-state index contributed by atoms with van der Waals surface area (Å²) in [6, 6.07) is 4.08. The molecule has 1 rings (SSSR count). The summed E-state index contributed by atoms with van der Waals surface area (Å²) in [6.07, 6.45) is -0.477. The molecule has 0 N–H and O–H groups in total. The second-order valence-electron chi connectivity index (χ2n) is 3.04. The molecule has 4 nitrogen and oxygen atoms in total. The van der Waals surface area contributed by atoms with Gasteiger partial charge in [0.1, 0.15) is 0 Å². The van der Waals surface area contributed by atoms with Gasteiger partial charge < -0.3 is 4.74 Å². The zero-order valence-corrected chi connectivity index (χ0v) is 8.57. The lowest BCUT2D eigenvalue weighted by Gasteiger charge is -2.12. The van der Waals surface area contributed by atoms with Crippen molar-refractivity contribution in [3.8, 4) is 0 Å². The molecule has 0 spiro atoms. The van der Waals surface area contributed by atoms with Gasteiger partial charge in [-0.2, -0.15) is 4.39 Å². The fourth-order valence-corrected chi connectivity index (χ4v) is 1.33. The van der Waals surface area contributed by atoms with Crippen molar-refractivity contribution in [2.24, 2.45) is 0 Å². The SMILES string of the molecule is CCOC(C)c1cccc([N+](=O)[O-])c1F. The van der Waals surface area contributed by atoms with E-state index < -0.39 is 22.5 Å². The molecule has 15 heavy (non-hydrogen) atoms. The van der Waals surface area contributed by atoms with Crippen LogP contribution in [0.1, 0.15) is 25.5 Å². The summed E-state index contributed by atoms with van der Waals surface area (Å²) in [7, 11) is 0. The molecule has 0 radical (unpaired) electrons.